The molecule has 0 saturated carbocycles. The van der Waals surface area contributed by atoms with Crippen molar-refractivity contribution in [1.29, 1.82) is 0 Å². The lowest BCUT2D eigenvalue weighted by Gasteiger charge is -2.13. The average molecular weight is 758 g/mol. The van der Waals surface area contributed by atoms with Gasteiger partial charge >= 0.3 is 0 Å². The molecule has 2 atom stereocenters. The summed E-state index contributed by atoms with van der Waals surface area (Å²) in [5.41, 5.74) is 2.22. The van der Waals surface area contributed by atoms with Gasteiger partial charge in [0.15, 0.2) is 11.6 Å². The summed E-state index contributed by atoms with van der Waals surface area (Å²) in [4.78, 5) is 50.4. The SMILES string of the molecule is COc1ccc(Cl)cc1NC(=O)C(N=Nc1ccc(-c2ccc(N=NC(C(C)=O)C(=O)Nc3cc(Cl)ccc3OC)c(Cl)c2)cc1Cl)C(C)=O. The van der Waals surface area contributed by atoms with E-state index in [-0.39, 0.29) is 32.8 Å². The average Bonchev–Trinajstić information content (AvgIpc) is 3.06. The minimum atomic E-state index is -1.47. The number of benzene rings is 4. The van der Waals surface area contributed by atoms with Crippen molar-refractivity contribution in [2.75, 3.05) is 24.9 Å². The van der Waals surface area contributed by atoms with Gasteiger partial charge in [-0.05, 0) is 85.6 Å². The van der Waals surface area contributed by atoms with Crippen molar-refractivity contribution in [2.24, 2.45) is 20.5 Å². The largest absolute Gasteiger partial charge is 0.495 e. The first-order valence-electron chi connectivity index (χ1n) is 14.5. The van der Waals surface area contributed by atoms with Crippen LogP contribution in [0, 0.1) is 0 Å². The molecule has 4 aromatic rings. The summed E-state index contributed by atoms with van der Waals surface area (Å²) in [5.74, 6) is -1.89. The van der Waals surface area contributed by atoms with E-state index in [1.165, 1.54) is 40.2 Å². The number of methoxy groups -OCH3 is 2. The fourth-order valence-corrected chi connectivity index (χ4v) is 5.15. The third-order valence-corrected chi connectivity index (χ3v) is 7.97. The zero-order valence-electron chi connectivity index (χ0n) is 26.8. The zero-order chi connectivity index (χ0) is 36.5. The lowest BCUT2D eigenvalue weighted by Crippen LogP contribution is -2.32. The van der Waals surface area contributed by atoms with Gasteiger partial charge in [-0.1, -0.05) is 58.5 Å². The molecule has 50 heavy (non-hydrogen) atoms. The van der Waals surface area contributed by atoms with Crippen LogP contribution >= 0.6 is 46.4 Å². The summed E-state index contributed by atoms with van der Waals surface area (Å²) in [7, 11) is 2.85. The molecule has 2 unspecified atom stereocenters. The van der Waals surface area contributed by atoms with Crippen molar-refractivity contribution in [3.63, 3.8) is 0 Å². The summed E-state index contributed by atoms with van der Waals surface area (Å²) in [6.07, 6.45) is 0. The van der Waals surface area contributed by atoms with Crippen LogP contribution in [0.2, 0.25) is 20.1 Å². The maximum absolute atomic E-state index is 12.9. The first-order chi connectivity index (χ1) is 23.8. The number of amides is 2. The summed E-state index contributed by atoms with van der Waals surface area (Å²) in [6, 6.07) is 16.0. The number of halogens is 4. The molecule has 0 aliphatic rings. The van der Waals surface area contributed by atoms with Gasteiger partial charge in [0, 0.05) is 10.0 Å². The molecule has 0 fully saturated rings. The number of ketones is 2. The number of hydrogen-bond acceptors (Lipinski definition) is 10. The van der Waals surface area contributed by atoms with E-state index < -0.39 is 35.5 Å². The Morgan fingerprint density at radius 1 is 0.580 bits per heavy atom. The molecule has 4 rings (SSSR count). The van der Waals surface area contributed by atoms with Gasteiger partial charge in [0.1, 0.15) is 22.9 Å². The van der Waals surface area contributed by atoms with E-state index in [1.807, 2.05) is 0 Å². The molecule has 0 radical (unpaired) electrons. The Labute approximate surface area is 306 Å². The number of carbonyl (C=O) groups excluding carboxylic acids is 4. The number of hydrogen-bond donors (Lipinski definition) is 2. The number of rotatable bonds is 13. The highest BCUT2D eigenvalue weighted by Gasteiger charge is 2.26. The van der Waals surface area contributed by atoms with Gasteiger partial charge in [0.05, 0.1) is 35.6 Å². The van der Waals surface area contributed by atoms with Gasteiger partial charge < -0.3 is 20.1 Å². The molecule has 0 heterocycles. The number of carbonyl (C=O) groups is 4. The van der Waals surface area contributed by atoms with Crippen LogP contribution in [-0.4, -0.2) is 49.7 Å². The molecule has 0 spiro atoms. The molecule has 0 bridgehead atoms. The second-order valence-electron chi connectivity index (χ2n) is 10.5. The number of nitrogens with one attached hydrogen (secondary N) is 2. The van der Waals surface area contributed by atoms with Crippen LogP contribution in [-0.2, 0) is 19.2 Å². The van der Waals surface area contributed by atoms with Crippen LogP contribution < -0.4 is 20.1 Å². The molecule has 16 heteroatoms. The van der Waals surface area contributed by atoms with Crippen LogP contribution in [0.15, 0.2) is 93.3 Å². The molecule has 12 nitrogen and oxygen atoms in total. The van der Waals surface area contributed by atoms with Gasteiger partial charge in [0.25, 0.3) is 11.8 Å². The van der Waals surface area contributed by atoms with Crippen LogP contribution in [0.1, 0.15) is 13.8 Å². The fraction of sp³-hybridized carbons (Fsp3) is 0.176. The first-order valence-corrected chi connectivity index (χ1v) is 16.0. The van der Waals surface area contributed by atoms with E-state index in [2.05, 4.69) is 31.1 Å². The van der Waals surface area contributed by atoms with Crippen molar-refractivity contribution in [2.45, 2.75) is 25.9 Å². The summed E-state index contributed by atoms with van der Waals surface area (Å²) < 4.78 is 10.5. The number of azo groups is 2. The highest BCUT2D eigenvalue weighted by molar-refractivity contribution is 6.34. The molecule has 0 saturated heterocycles. The molecule has 258 valence electrons. The second-order valence-corrected chi connectivity index (χ2v) is 12.1. The molecule has 0 aliphatic heterocycles. The zero-order valence-corrected chi connectivity index (χ0v) is 29.9. The van der Waals surface area contributed by atoms with Crippen LogP contribution in [0.5, 0.6) is 11.5 Å². The van der Waals surface area contributed by atoms with E-state index in [9.17, 15) is 19.2 Å². The Morgan fingerprint density at radius 3 is 1.28 bits per heavy atom. The number of ether oxygens (including phenoxy) is 2. The van der Waals surface area contributed by atoms with Gasteiger partial charge in [-0.15, -0.1) is 0 Å². The van der Waals surface area contributed by atoms with E-state index in [0.717, 1.165) is 0 Å². The Bertz CT molecular complexity index is 1880. The number of anilines is 2. The highest BCUT2D eigenvalue weighted by atomic mass is 35.5. The normalized spacial score (nSPS) is 12.4. The van der Waals surface area contributed by atoms with Crippen molar-refractivity contribution in [3.8, 4) is 22.6 Å². The lowest BCUT2D eigenvalue weighted by molar-refractivity contribution is -0.127. The summed E-state index contributed by atoms with van der Waals surface area (Å²) in [6.45, 7) is 2.42. The number of Topliss-reactive ketones (excluding diaryl/α,β-unsaturated/α-hetero) is 2. The van der Waals surface area contributed by atoms with Crippen molar-refractivity contribution in [1.82, 2.24) is 0 Å². The minimum Gasteiger partial charge on any atom is -0.495 e. The van der Waals surface area contributed by atoms with E-state index in [4.69, 9.17) is 55.9 Å². The lowest BCUT2D eigenvalue weighted by atomic mass is 10.0. The third kappa shape index (κ3) is 9.63. The molecule has 2 amide bonds. The standard InChI is InChI=1S/C34H28Cl4N6O6/c1-17(45)31(33(47)39-27-15-21(35)7-11-29(27)49-3)43-41-25-9-5-19(13-23(25)37)20-6-10-26(24(38)14-20)42-44-32(18(2)46)34(48)40-28-16-22(36)8-12-30(28)50-4/h5-16,31-32H,1-4H3,(H,39,47)(H,40,48). The summed E-state index contributed by atoms with van der Waals surface area (Å²) in [5, 5.41) is 22.2. The predicted molar refractivity (Wildman–Crippen MR) is 193 cm³/mol. The molecule has 4 aromatic carbocycles. The van der Waals surface area contributed by atoms with E-state index in [0.29, 0.717) is 32.7 Å². The van der Waals surface area contributed by atoms with Crippen molar-refractivity contribution in [3.05, 3.63) is 92.9 Å². The summed E-state index contributed by atoms with van der Waals surface area (Å²) >= 11 is 25.0. The number of nitrogens with zero attached hydrogens (tertiary/aromatic N) is 4. The molecular weight excluding hydrogens is 730 g/mol. The molecular formula is C34H28Cl4N6O6. The fourth-order valence-electron chi connectivity index (χ4n) is 4.37. The van der Waals surface area contributed by atoms with E-state index >= 15 is 0 Å². The van der Waals surface area contributed by atoms with Crippen molar-refractivity contribution >= 4 is 92.5 Å². The smallest absolute Gasteiger partial charge is 0.258 e. The minimum absolute atomic E-state index is 0.178. The maximum Gasteiger partial charge on any atom is 0.258 e. The molecule has 2 N–H and O–H groups in total. The van der Waals surface area contributed by atoms with Crippen LogP contribution in [0.4, 0.5) is 22.7 Å². The van der Waals surface area contributed by atoms with Crippen molar-refractivity contribution < 1.29 is 28.7 Å². The Hall–Kier alpha value is -4.88. The quantitative estimate of drug-likeness (QED) is 0.102. The van der Waals surface area contributed by atoms with Crippen LogP contribution in [0.25, 0.3) is 11.1 Å². The van der Waals surface area contributed by atoms with Gasteiger partial charge in [-0.3, -0.25) is 19.2 Å². The van der Waals surface area contributed by atoms with Gasteiger partial charge in [-0.25, -0.2) is 0 Å². The maximum atomic E-state index is 12.9. The molecule has 0 aromatic heterocycles. The topological polar surface area (TPSA) is 160 Å². The Balaban J connectivity index is 1.48. The highest BCUT2D eigenvalue weighted by Crippen LogP contribution is 2.35. The molecule has 0 aliphatic carbocycles. The second kappa shape index (κ2) is 17.2. The first kappa shape index (κ1) is 37.9. The predicted octanol–water partition coefficient (Wildman–Crippen LogP) is 9.34. The monoisotopic (exact) mass is 756 g/mol. The van der Waals surface area contributed by atoms with E-state index in [1.54, 1.807) is 60.7 Å². The van der Waals surface area contributed by atoms with Gasteiger partial charge in [0.2, 0.25) is 12.1 Å². The third-order valence-electron chi connectivity index (χ3n) is 6.90. The Kier molecular flexibility index (Phi) is 13.0. The Morgan fingerprint density at radius 2 is 0.960 bits per heavy atom. The van der Waals surface area contributed by atoms with Crippen LogP contribution in [0.3, 0.4) is 0 Å². The van der Waals surface area contributed by atoms with Gasteiger partial charge in [-0.2, -0.15) is 20.5 Å².